The third kappa shape index (κ3) is 3.61. The number of carbonyl (C=O) groups excluding carboxylic acids is 1. The molecule has 1 aromatic carbocycles. The zero-order valence-electron chi connectivity index (χ0n) is 12.6. The minimum absolute atomic E-state index is 0.0284. The Morgan fingerprint density at radius 3 is 2.59 bits per heavy atom. The van der Waals surface area contributed by atoms with E-state index in [9.17, 15) is 13.2 Å². The molecule has 0 aliphatic carbocycles. The minimum Gasteiger partial charge on any atom is -0.495 e. The van der Waals surface area contributed by atoms with E-state index >= 15 is 0 Å². The predicted molar refractivity (Wildman–Crippen MR) is 86.3 cm³/mol. The predicted octanol–water partition coefficient (Wildman–Crippen LogP) is 1.70. The van der Waals surface area contributed by atoms with Gasteiger partial charge in [0.05, 0.1) is 7.11 Å². The molecule has 0 aromatic heterocycles. The van der Waals surface area contributed by atoms with Crippen LogP contribution in [0.5, 0.6) is 5.75 Å². The van der Waals surface area contributed by atoms with Crippen molar-refractivity contribution in [3.8, 4) is 5.75 Å². The maximum atomic E-state index is 12.9. The molecule has 8 heteroatoms. The molecule has 1 fully saturated rings. The van der Waals surface area contributed by atoms with Crippen LogP contribution in [0.1, 0.15) is 13.3 Å². The molecule has 2 rings (SSSR count). The summed E-state index contributed by atoms with van der Waals surface area (Å²) in [5.74, 6) is 0.287. The smallest absolute Gasteiger partial charge is 0.246 e. The number of carbonyl (C=O) groups is 1. The van der Waals surface area contributed by atoms with Crippen LogP contribution in [0.4, 0.5) is 0 Å². The number of hydrogen-bond donors (Lipinski definition) is 0. The number of sulfonamides is 1. The van der Waals surface area contributed by atoms with Crippen LogP contribution in [0.3, 0.4) is 0 Å². The van der Waals surface area contributed by atoms with E-state index in [-0.39, 0.29) is 17.3 Å². The summed E-state index contributed by atoms with van der Waals surface area (Å²) < 4.78 is 33.0. The van der Waals surface area contributed by atoms with Gasteiger partial charge in [-0.2, -0.15) is 4.31 Å². The first kappa shape index (κ1) is 17.2. The van der Waals surface area contributed by atoms with Crippen LogP contribution < -0.4 is 4.74 Å². The molecule has 1 aliphatic rings. The van der Waals surface area contributed by atoms with Crippen molar-refractivity contribution in [1.82, 2.24) is 9.21 Å². The Labute approximate surface area is 139 Å². The van der Waals surface area contributed by atoms with Crippen LogP contribution in [-0.2, 0) is 14.8 Å². The van der Waals surface area contributed by atoms with Gasteiger partial charge >= 0.3 is 0 Å². The Morgan fingerprint density at radius 1 is 1.23 bits per heavy atom. The van der Waals surface area contributed by atoms with Gasteiger partial charge in [0, 0.05) is 37.6 Å². The number of nitrogens with zero attached hydrogens (tertiary/aromatic N) is 2. The topological polar surface area (TPSA) is 66.9 Å². The van der Waals surface area contributed by atoms with E-state index in [1.807, 2.05) is 0 Å². The third-order valence-electron chi connectivity index (χ3n) is 3.64. The molecular weight excluding hydrogens is 372 g/mol. The number of benzene rings is 1. The van der Waals surface area contributed by atoms with Gasteiger partial charge in [0.25, 0.3) is 0 Å². The molecular formula is C14H19BrN2O4S. The lowest BCUT2D eigenvalue weighted by Crippen LogP contribution is -2.36. The van der Waals surface area contributed by atoms with Gasteiger partial charge in [-0.3, -0.25) is 4.79 Å². The number of amides is 1. The standard InChI is InChI=1S/C14H19BrN2O4S/c1-11(18)16-6-3-7-17(9-8-16)22(19,20)14-10-12(15)4-5-13(14)21-2/h4-5,10H,3,6-9H2,1-2H3. The highest BCUT2D eigenvalue weighted by Crippen LogP contribution is 2.30. The normalized spacial score (nSPS) is 17.1. The molecule has 6 nitrogen and oxygen atoms in total. The van der Waals surface area contributed by atoms with Gasteiger partial charge in [0.15, 0.2) is 0 Å². The summed E-state index contributed by atoms with van der Waals surface area (Å²) in [4.78, 5) is 13.3. The maximum Gasteiger partial charge on any atom is 0.246 e. The van der Waals surface area contributed by atoms with Gasteiger partial charge in [-0.1, -0.05) is 15.9 Å². The van der Waals surface area contributed by atoms with Gasteiger partial charge in [-0.25, -0.2) is 8.42 Å². The van der Waals surface area contributed by atoms with Gasteiger partial charge in [0.2, 0.25) is 15.9 Å². The summed E-state index contributed by atoms with van der Waals surface area (Å²) in [7, 11) is -2.21. The first-order chi connectivity index (χ1) is 10.4. The third-order valence-corrected chi connectivity index (χ3v) is 6.06. The highest BCUT2D eigenvalue weighted by Gasteiger charge is 2.30. The van der Waals surface area contributed by atoms with E-state index in [2.05, 4.69) is 15.9 Å². The Bertz CT molecular complexity index is 663. The summed E-state index contributed by atoms with van der Waals surface area (Å²) in [6.45, 7) is 3.17. The van der Waals surface area contributed by atoms with E-state index < -0.39 is 10.0 Å². The average Bonchev–Trinajstić information content (AvgIpc) is 2.73. The number of rotatable bonds is 3. The Kier molecular flexibility index (Phi) is 5.46. The van der Waals surface area contributed by atoms with Crippen molar-refractivity contribution >= 4 is 31.9 Å². The molecule has 1 aliphatic heterocycles. The summed E-state index contributed by atoms with van der Waals surface area (Å²) in [6.07, 6.45) is 0.620. The van der Waals surface area contributed by atoms with Gasteiger partial charge in [-0.15, -0.1) is 0 Å². The van der Waals surface area contributed by atoms with Gasteiger partial charge in [-0.05, 0) is 24.6 Å². The Morgan fingerprint density at radius 2 is 1.95 bits per heavy atom. The van der Waals surface area contributed by atoms with Crippen LogP contribution in [0.25, 0.3) is 0 Å². The fourth-order valence-corrected chi connectivity index (χ4v) is 4.60. The first-order valence-corrected chi connectivity index (χ1v) is 9.19. The Hall–Kier alpha value is -1.12. The zero-order chi connectivity index (χ0) is 16.3. The van der Waals surface area contributed by atoms with Crippen molar-refractivity contribution in [2.45, 2.75) is 18.2 Å². The second-order valence-corrected chi connectivity index (χ2v) is 7.88. The SMILES string of the molecule is COc1ccc(Br)cc1S(=O)(=O)N1CCCN(C(C)=O)CC1. The lowest BCUT2D eigenvalue weighted by Gasteiger charge is -2.22. The van der Waals surface area contributed by atoms with E-state index in [0.29, 0.717) is 36.3 Å². The molecule has 122 valence electrons. The lowest BCUT2D eigenvalue weighted by atomic mass is 10.3. The molecule has 22 heavy (non-hydrogen) atoms. The Balaban J connectivity index is 2.31. The fraction of sp³-hybridized carbons (Fsp3) is 0.500. The van der Waals surface area contributed by atoms with E-state index in [1.54, 1.807) is 23.1 Å². The first-order valence-electron chi connectivity index (χ1n) is 6.95. The summed E-state index contributed by atoms with van der Waals surface area (Å²) in [5, 5.41) is 0. The zero-order valence-corrected chi connectivity index (χ0v) is 15.0. The number of halogens is 1. The van der Waals surface area contributed by atoms with Crippen LogP contribution >= 0.6 is 15.9 Å². The van der Waals surface area contributed by atoms with Crippen molar-refractivity contribution in [2.24, 2.45) is 0 Å². The largest absolute Gasteiger partial charge is 0.495 e. The van der Waals surface area contributed by atoms with Crippen LogP contribution in [-0.4, -0.2) is 56.8 Å². The van der Waals surface area contributed by atoms with Crippen LogP contribution in [0.2, 0.25) is 0 Å². The second kappa shape index (κ2) is 6.97. The molecule has 1 heterocycles. The van der Waals surface area contributed by atoms with Crippen LogP contribution in [0.15, 0.2) is 27.6 Å². The lowest BCUT2D eigenvalue weighted by molar-refractivity contribution is -0.128. The van der Waals surface area contributed by atoms with Gasteiger partial charge < -0.3 is 9.64 Å². The molecule has 0 unspecified atom stereocenters. The molecule has 0 N–H and O–H groups in total. The summed E-state index contributed by atoms with van der Waals surface area (Å²) in [6, 6.07) is 4.90. The minimum atomic E-state index is -3.66. The highest BCUT2D eigenvalue weighted by molar-refractivity contribution is 9.10. The quantitative estimate of drug-likeness (QED) is 0.787. The van der Waals surface area contributed by atoms with E-state index in [4.69, 9.17) is 4.74 Å². The van der Waals surface area contributed by atoms with Gasteiger partial charge in [0.1, 0.15) is 10.6 Å². The maximum absolute atomic E-state index is 12.9. The second-order valence-electron chi connectivity index (χ2n) is 5.06. The number of methoxy groups -OCH3 is 1. The molecule has 1 saturated heterocycles. The molecule has 0 radical (unpaired) electrons. The summed E-state index contributed by atoms with van der Waals surface area (Å²) in [5.41, 5.74) is 0. The number of hydrogen-bond acceptors (Lipinski definition) is 4. The number of ether oxygens (including phenoxy) is 1. The van der Waals surface area contributed by atoms with Crippen molar-refractivity contribution in [3.63, 3.8) is 0 Å². The molecule has 0 atom stereocenters. The highest BCUT2D eigenvalue weighted by atomic mass is 79.9. The van der Waals surface area contributed by atoms with Crippen molar-refractivity contribution < 1.29 is 17.9 Å². The molecule has 1 aromatic rings. The molecule has 0 saturated carbocycles. The monoisotopic (exact) mass is 390 g/mol. The van der Waals surface area contributed by atoms with Crippen molar-refractivity contribution in [2.75, 3.05) is 33.3 Å². The van der Waals surface area contributed by atoms with Crippen molar-refractivity contribution in [1.29, 1.82) is 0 Å². The van der Waals surface area contributed by atoms with E-state index in [1.165, 1.54) is 18.3 Å². The molecule has 0 spiro atoms. The molecule has 1 amide bonds. The van der Waals surface area contributed by atoms with Crippen molar-refractivity contribution in [3.05, 3.63) is 22.7 Å². The van der Waals surface area contributed by atoms with E-state index in [0.717, 1.165) is 0 Å². The molecule has 0 bridgehead atoms. The average molecular weight is 391 g/mol. The fourth-order valence-electron chi connectivity index (χ4n) is 2.44. The summed E-state index contributed by atoms with van der Waals surface area (Å²) >= 11 is 3.29. The van der Waals surface area contributed by atoms with Crippen LogP contribution in [0, 0.1) is 0 Å².